The lowest BCUT2D eigenvalue weighted by molar-refractivity contribution is 0.570. The van der Waals surface area contributed by atoms with Crippen LogP contribution < -0.4 is 4.72 Å². The molecule has 1 atom stereocenters. The molecule has 1 aromatic rings. The molecular weight excluding hydrogens is 233 g/mol. The maximum absolute atomic E-state index is 10.4. The van der Waals surface area contributed by atoms with E-state index in [1.165, 1.54) is 0 Å². The van der Waals surface area contributed by atoms with Crippen LogP contribution in [0.1, 0.15) is 5.56 Å². The molecule has 0 aromatic heterocycles. The van der Waals surface area contributed by atoms with Crippen LogP contribution in [0, 0.1) is 6.92 Å². The Kier molecular flexibility index (Phi) is 3.55. The third kappa shape index (κ3) is 2.84. The highest BCUT2D eigenvalue weighted by molar-refractivity contribution is 7.80. The second-order valence-corrected chi connectivity index (χ2v) is 3.97. The van der Waals surface area contributed by atoms with Crippen LogP contribution in [0.15, 0.2) is 12.1 Å². The molecule has 72 valence electrons. The van der Waals surface area contributed by atoms with Crippen molar-refractivity contribution in [2.45, 2.75) is 6.92 Å². The normalized spacial score (nSPS) is 12.6. The van der Waals surface area contributed by atoms with E-state index in [0.717, 1.165) is 5.56 Å². The highest BCUT2D eigenvalue weighted by Crippen LogP contribution is 2.31. The van der Waals surface area contributed by atoms with Crippen molar-refractivity contribution < 1.29 is 8.76 Å². The third-order valence-electron chi connectivity index (χ3n) is 1.38. The lowest BCUT2D eigenvalue weighted by Gasteiger charge is -2.07. The maximum Gasteiger partial charge on any atom is 0.259 e. The number of hydrogen-bond donors (Lipinski definition) is 2. The van der Waals surface area contributed by atoms with E-state index in [1.54, 1.807) is 12.1 Å². The Morgan fingerprint density at radius 3 is 2.23 bits per heavy atom. The molecule has 0 bridgehead atoms. The Balaban J connectivity index is 3.13. The predicted molar refractivity (Wildman–Crippen MR) is 55.6 cm³/mol. The van der Waals surface area contributed by atoms with Crippen molar-refractivity contribution in [1.82, 2.24) is 0 Å². The Bertz CT molecular complexity index is 333. The van der Waals surface area contributed by atoms with Gasteiger partial charge in [-0.2, -0.15) is 0 Å². The van der Waals surface area contributed by atoms with E-state index < -0.39 is 11.3 Å². The van der Waals surface area contributed by atoms with Gasteiger partial charge in [0.05, 0.1) is 15.7 Å². The molecule has 13 heavy (non-hydrogen) atoms. The zero-order valence-corrected chi connectivity index (χ0v) is 9.00. The fourth-order valence-corrected chi connectivity index (χ4v) is 2.08. The minimum absolute atomic E-state index is 0.273. The van der Waals surface area contributed by atoms with Crippen LogP contribution in [0.5, 0.6) is 0 Å². The van der Waals surface area contributed by atoms with E-state index in [0.29, 0.717) is 10.0 Å². The number of aryl methyl sites for hydroxylation is 1. The number of halogens is 2. The first kappa shape index (κ1) is 10.8. The minimum atomic E-state index is -2.16. The van der Waals surface area contributed by atoms with E-state index in [9.17, 15) is 4.21 Å². The van der Waals surface area contributed by atoms with Crippen LogP contribution in [0.2, 0.25) is 10.0 Å². The van der Waals surface area contributed by atoms with Crippen LogP contribution in [-0.2, 0) is 11.3 Å². The summed E-state index contributed by atoms with van der Waals surface area (Å²) in [4.78, 5) is 0. The van der Waals surface area contributed by atoms with Crippen LogP contribution in [-0.4, -0.2) is 8.76 Å². The van der Waals surface area contributed by atoms with Crippen molar-refractivity contribution in [2.75, 3.05) is 4.72 Å². The van der Waals surface area contributed by atoms with Gasteiger partial charge in [-0.3, -0.25) is 9.27 Å². The minimum Gasteiger partial charge on any atom is -0.289 e. The molecule has 0 aliphatic rings. The molecule has 1 aromatic carbocycles. The van der Waals surface area contributed by atoms with E-state index in [2.05, 4.69) is 4.72 Å². The van der Waals surface area contributed by atoms with Gasteiger partial charge in [0.25, 0.3) is 11.3 Å². The molecule has 0 saturated heterocycles. The molecule has 1 rings (SSSR count). The van der Waals surface area contributed by atoms with Crippen molar-refractivity contribution in [1.29, 1.82) is 0 Å². The summed E-state index contributed by atoms with van der Waals surface area (Å²) in [7, 11) is 0. The topological polar surface area (TPSA) is 49.3 Å². The van der Waals surface area contributed by atoms with Gasteiger partial charge in [-0.1, -0.05) is 23.2 Å². The van der Waals surface area contributed by atoms with Gasteiger partial charge in [-0.15, -0.1) is 0 Å². The molecule has 0 aliphatic heterocycles. The van der Waals surface area contributed by atoms with Gasteiger partial charge in [0, 0.05) is 0 Å². The number of anilines is 1. The lowest BCUT2D eigenvalue weighted by Crippen LogP contribution is -2.03. The molecule has 0 radical (unpaired) electrons. The fraction of sp³-hybridized carbons (Fsp3) is 0.143. The van der Waals surface area contributed by atoms with Gasteiger partial charge in [-0.25, -0.2) is 4.21 Å². The van der Waals surface area contributed by atoms with E-state index in [-0.39, 0.29) is 5.69 Å². The monoisotopic (exact) mass is 239 g/mol. The fourth-order valence-electron chi connectivity index (χ4n) is 0.885. The molecule has 0 saturated carbocycles. The summed E-state index contributed by atoms with van der Waals surface area (Å²) in [6.07, 6.45) is 0. The Labute approximate surface area is 88.5 Å². The Morgan fingerprint density at radius 2 is 1.85 bits per heavy atom. The average molecular weight is 240 g/mol. The van der Waals surface area contributed by atoms with Crippen molar-refractivity contribution in [3.8, 4) is 0 Å². The number of hydrogen-bond acceptors (Lipinski definition) is 1. The van der Waals surface area contributed by atoms with Crippen molar-refractivity contribution in [2.24, 2.45) is 0 Å². The second kappa shape index (κ2) is 4.28. The summed E-state index contributed by atoms with van der Waals surface area (Å²) >= 11 is 9.41. The first-order chi connectivity index (χ1) is 6.00. The maximum atomic E-state index is 10.4. The smallest absolute Gasteiger partial charge is 0.259 e. The zero-order valence-electron chi connectivity index (χ0n) is 6.67. The summed E-state index contributed by atoms with van der Waals surface area (Å²) in [6, 6.07) is 3.31. The second-order valence-electron chi connectivity index (χ2n) is 2.45. The summed E-state index contributed by atoms with van der Waals surface area (Å²) < 4.78 is 21.2. The van der Waals surface area contributed by atoms with Gasteiger partial charge in [0.15, 0.2) is 0 Å². The molecule has 3 nitrogen and oxygen atoms in total. The number of benzene rings is 1. The quantitative estimate of drug-likeness (QED) is 0.781. The van der Waals surface area contributed by atoms with E-state index >= 15 is 0 Å². The molecular formula is C7H7Cl2NO2S. The molecule has 0 aliphatic carbocycles. The lowest BCUT2D eigenvalue weighted by atomic mass is 10.2. The van der Waals surface area contributed by atoms with Crippen molar-refractivity contribution >= 4 is 40.2 Å². The van der Waals surface area contributed by atoms with Gasteiger partial charge >= 0.3 is 0 Å². The average Bonchev–Trinajstić information content (AvgIpc) is 1.96. The molecule has 0 heterocycles. The molecule has 0 fully saturated rings. The first-order valence-electron chi connectivity index (χ1n) is 3.34. The molecule has 6 heteroatoms. The number of rotatable bonds is 2. The van der Waals surface area contributed by atoms with Crippen LogP contribution >= 0.6 is 23.2 Å². The summed E-state index contributed by atoms with van der Waals surface area (Å²) in [6.45, 7) is 1.83. The molecule has 0 spiro atoms. The Hall–Kier alpha value is -0.290. The van der Waals surface area contributed by atoms with Crippen LogP contribution in [0.25, 0.3) is 0 Å². The van der Waals surface area contributed by atoms with Crippen molar-refractivity contribution in [3.63, 3.8) is 0 Å². The summed E-state index contributed by atoms with van der Waals surface area (Å²) in [5.41, 5.74) is 1.17. The largest absolute Gasteiger partial charge is 0.289 e. The Morgan fingerprint density at radius 1 is 1.38 bits per heavy atom. The van der Waals surface area contributed by atoms with E-state index in [4.69, 9.17) is 27.8 Å². The van der Waals surface area contributed by atoms with Gasteiger partial charge in [0.1, 0.15) is 0 Å². The zero-order chi connectivity index (χ0) is 10.0. The van der Waals surface area contributed by atoms with Gasteiger partial charge in [-0.05, 0) is 24.6 Å². The van der Waals surface area contributed by atoms with Crippen molar-refractivity contribution in [3.05, 3.63) is 27.7 Å². The summed E-state index contributed by atoms with van der Waals surface area (Å²) in [5.74, 6) is 0. The van der Waals surface area contributed by atoms with Gasteiger partial charge in [0.2, 0.25) is 0 Å². The standard InChI is InChI=1S/C7H7Cl2NO2S/c1-4-2-5(8)7(6(9)3-4)10-13(11)12/h2-3,10H,1H3,(H,11,12). The first-order valence-corrected chi connectivity index (χ1v) is 5.20. The molecule has 1 unspecified atom stereocenters. The highest BCUT2D eigenvalue weighted by Gasteiger charge is 2.07. The van der Waals surface area contributed by atoms with Crippen LogP contribution in [0.4, 0.5) is 5.69 Å². The highest BCUT2D eigenvalue weighted by atomic mass is 35.5. The molecule has 2 N–H and O–H groups in total. The van der Waals surface area contributed by atoms with E-state index in [1.807, 2.05) is 6.92 Å². The van der Waals surface area contributed by atoms with Gasteiger partial charge < -0.3 is 0 Å². The SMILES string of the molecule is Cc1cc(Cl)c(NS(=O)O)c(Cl)c1. The number of nitrogens with one attached hydrogen (secondary N) is 1. The van der Waals surface area contributed by atoms with Crippen LogP contribution in [0.3, 0.4) is 0 Å². The predicted octanol–water partition coefficient (Wildman–Crippen LogP) is 2.85. The third-order valence-corrected chi connectivity index (χ3v) is 2.35. The molecule has 0 amide bonds. The summed E-state index contributed by atoms with van der Waals surface area (Å²) in [5, 5.41) is 0.653.